The molecule has 1 unspecified atom stereocenters. The van der Waals surface area contributed by atoms with E-state index in [1.165, 1.54) is 0 Å². The van der Waals surface area contributed by atoms with Crippen molar-refractivity contribution in [3.8, 4) is 0 Å². The van der Waals surface area contributed by atoms with Crippen molar-refractivity contribution in [2.75, 3.05) is 13.1 Å². The molecule has 19 heavy (non-hydrogen) atoms. The van der Waals surface area contributed by atoms with E-state index in [0.29, 0.717) is 25.9 Å². The van der Waals surface area contributed by atoms with Crippen LogP contribution in [0.1, 0.15) is 53.4 Å². The molecule has 1 saturated heterocycles. The van der Waals surface area contributed by atoms with Crippen LogP contribution in [0.3, 0.4) is 0 Å². The molecule has 5 heteroatoms. The third kappa shape index (κ3) is 3.19. The average molecular weight is 270 g/mol. The van der Waals surface area contributed by atoms with Crippen molar-refractivity contribution < 1.29 is 14.7 Å². The number of hydrogen-bond acceptors (Lipinski definition) is 2. The van der Waals surface area contributed by atoms with Crippen molar-refractivity contribution in [2.24, 2.45) is 5.41 Å². The molecule has 0 radical (unpaired) electrons. The number of urea groups is 1. The molecule has 0 aromatic carbocycles. The van der Waals surface area contributed by atoms with Crippen LogP contribution >= 0.6 is 0 Å². The fourth-order valence-corrected chi connectivity index (χ4v) is 2.42. The van der Waals surface area contributed by atoms with Gasteiger partial charge in [0.05, 0.1) is 5.41 Å². The number of amides is 2. The third-order valence-electron chi connectivity index (χ3n) is 4.74. The minimum atomic E-state index is -0.793. The van der Waals surface area contributed by atoms with Crippen LogP contribution in [0.5, 0.6) is 0 Å². The Hall–Kier alpha value is -1.26. The summed E-state index contributed by atoms with van der Waals surface area (Å²) >= 11 is 0. The maximum Gasteiger partial charge on any atom is 0.317 e. The topological polar surface area (TPSA) is 69.6 Å². The second-order valence-electron chi connectivity index (χ2n) is 5.81. The van der Waals surface area contributed by atoms with Gasteiger partial charge in [-0.15, -0.1) is 0 Å². The molecule has 1 heterocycles. The number of rotatable bonds is 5. The first-order valence-electron chi connectivity index (χ1n) is 7.13. The second-order valence-corrected chi connectivity index (χ2v) is 5.81. The molecule has 0 aromatic rings. The van der Waals surface area contributed by atoms with Crippen LogP contribution < -0.4 is 5.32 Å². The summed E-state index contributed by atoms with van der Waals surface area (Å²) in [5, 5.41) is 12.4. The number of hydrogen-bond donors (Lipinski definition) is 2. The first kappa shape index (κ1) is 15.8. The molecule has 1 fully saturated rings. The molecule has 0 bridgehead atoms. The molecule has 5 nitrogen and oxygen atoms in total. The maximum atomic E-state index is 12.2. The highest BCUT2D eigenvalue weighted by molar-refractivity contribution is 5.80. The van der Waals surface area contributed by atoms with E-state index in [9.17, 15) is 14.7 Å². The lowest BCUT2D eigenvalue weighted by Crippen LogP contribution is -2.51. The predicted octanol–water partition coefficient (Wildman–Crippen LogP) is 2.46. The van der Waals surface area contributed by atoms with Gasteiger partial charge in [-0.25, -0.2) is 4.79 Å². The third-order valence-corrected chi connectivity index (χ3v) is 4.74. The Morgan fingerprint density at radius 3 is 2.26 bits per heavy atom. The van der Waals surface area contributed by atoms with E-state index in [-0.39, 0.29) is 11.6 Å². The number of carbonyl (C=O) groups is 2. The van der Waals surface area contributed by atoms with Gasteiger partial charge in [0.25, 0.3) is 0 Å². The number of carboxylic acids is 1. The molecular formula is C14H26N2O3. The largest absolute Gasteiger partial charge is 0.481 e. The predicted molar refractivity (Wildman–Crippen MR) is 74.1 cm³/mol. The molecular weight excluding hydrogens is 244 g/mol. The molecule has 0 aromatic heterocycles. The van der Waals surface area contributed by atoms with E-state index in [2.05, 4.69) is 5.32 Å². The normalized spacial score (nSPS) is 23.5. The van der Waals surface area contributed by atoms with Gasteiger partial charge < -0.3 is 15.3 Å². The van der Waals surface area contributed by atoms with Crippen LogP contribution in [0.25, 0.3) is 0 Å². The Balaban J connectivity index is 2.69. The molecule has 1 aliphatic heterocycles. The molecule has 2 amide bonds. The average Bonchev–Trinajstić information content (AvgIpc) is 2.84. The van der Waals surface area contributed by atoms with Gasteiger partial charge in [-0.05, 0) is 32.6 Å². The lowest BCUT2D eigenvalue weighted by molar-refractivity contribution is -0.148. The molecule has 1 atom stereocenters. The molecule has 0 spiro atoms. The second kappa shape index (κ2) is 5.80. The van der Waals surface area contributed by atoms with Crippen LogP contribution in [0.2, 0.25) is 0 Å². The molecule has 1 rings (SSSR count). The molecule has 0 saturated carbocycles. The van der Waals surface area contributed by atoms with Crippen LogP contribution in [-0.4, -0.2) is 40.6 Å². The number of nitrogens with zero attached hydrogens (tertiary/aromatic N) is 1. The zero-order chi connectivity index (χ0) is 14.7. The minimum Gasteiger partial charge on any atom is -0.481 e. The van der Waals surface area contributed by atoms with Crippen LogP contribution in [0, 0.1) is 5.41 Å². The van der Waals surface area contributed by atoms with Gasteiger partial charge in [0.1, 0.15) is 0 Å². The van der Waals surface area contributed by atoms with Crippen LogP contribution in [0.15, 0.2) is 0 Å². The summed E-state index contributed by atoms with van der Waals surface area (Å²) in [5.74, 6) is -0.793. The van der Waals surface area contributed by atoms with E-state index in [0.717, 1.165) is 12.8 Å². The number of aliphatic carboxylic acids is 1. The fraction of sp³-hybridized carbons (Fsp3) is 0.857. The van der Waals surface area contributed by atoms with Gasteiger partial charge in [0.2, 0.25) is 0 Å². The van der Waals surface area contributed by atoms with E-state index in [1.807, 2.05) is 27.7 Å². The number of carboxylic acid groups (broad SMARTS) is 1. The number of nitrogens with one attached hydrogen (secondary N) is 1. The lowest BCUT2D eigenvalue weighted by Gasteiger charge is -2.31. The van der Waals surface area contributed by atoms with Gasteiger partial charge in [-0.1, -0.05) is 20.8 Å². The van der Waals surface area contributed by atoms with Crippen LogP contribution in [0.4, 0.5) is 4.79 Å². The van der Waals surface area contributed by atoms with Crippen molar-refractivity contribution in [3.63, 3.8) is 0 Å². The summed E-state index contributed by atoms with van der Waals surface area (Å²) in [6.45, 7) is 8.81. The van der Waals surface area contributed by atoms with Crippen molar-refractivity contribution in [1.82, 2.24) is 10.2 Å². The Morgan fingerprint density at radius 1 is 1.32 bits per heavy atom. The SMILES string of the molecule is CCC(C)(CC)NC(=O)N1CCC(CC)(C(=O)O)C1. The number of carbonyl (C=O) groups excluding carboxylic acids is 1. The van der Waals surface area contributed by atoms with E-state index >= 15 is 0 Å². The monoisotopic (exact) mass is 270 g/mol. The first-order valence-corrected chi connectivity index (χ1v) is 7.13. The van der Waals surface area contributed by atoms with E-state index < -0.39 is 11.4 Å². The minimum absolute atomic E-state index is 0.136. The Kier molecular flexibility index (Phi) is 4.82. The Bertz CT molecular complexity index is 353. The molecule has 2 N–H and O–H groups in total. The summed E-state index contributed by atoms with van der Waals surface area (Å²) in [6.07, 6.45) is 2.83. The zero-order valence-corrected chi connectivity index (χ0v) is 12.5. The standard InChI is InChI=1S/C14H26N2O3/c1-5-13(4,6-2)15-12(19)16-9-8-14(7-3,10-16)11(17)18/h5-10H2,1-4H3,(H,15,19)(H,17,18). The molecule has 110 valence electrons. The van der Waals surface area contributed by atoms with Gasteiger partial charge in [-0.3, -0.25) is 4.79 Å². The lowest BCUT2D eigenvalue weighted by atomic mass is 9.84. The highest BCUT2D eigenvalue weighted by Gasteiger charge is 2.45. The quantitative estimate of drug-likeness (QED) is 0.806. The maximum absolute atomic E-state index is 12.2. The fourth-order valence-electron chi connectivity index (χ4n) is 2.42. The summed E-state index contributed by atoms with van der Waals surface area (Å²) in [7, 11) is 0. The Labute approximate surface area is 115 Å². The zero-order valence-electron chi connectivity index (χ0n) is 12.5. The smallest absolute Gasteiger partial charge is 0.317 e. The van der Waals surface area contributed by atoms with Gasteiger partial charge in [0, 0.05) is 18.6 Å². The summed E-state index contributed by atoms with van der Waals surface area (Å²) < 4.78 is 0. The summed E-state index contributed by atoms with van der Waals surface area (Å²) in [5.41, 5.74) is -0.968. The molecule has 1 aliphatic rings. The highest BCUT2D eigenvalue weighted by Crippen LogP contribution is 2.34. The molecule has 0 aliphatic carbocycles. The van der Waals surface area contributed by atoms with Crippen molar-refractivity contribution in [1.29, 1.82) is 0 Å². The number of likely N-dealkylation sites (tertiary alicyclic amines) is 1. The van der Waals surface area contributed by atoms with E-state index in [4.69, 9.17) is 0 Å². The first-order chi connectivity index (χ1) is 8.82. The van der Waals surface area contributed by atoms with Crippen LogP contribution in [-0.2, 0) is 4.79 Å². The van der Waals surface area contributed by atoms with Crippen molar-refractivity contribution in [2.45, 2.75) is 58.9 Å². The highest BCUT2D eigenvalue weighted by atomic mass is 16.4. The van der Waals surface area contributed by atoms with Crippen molar-refractivity contribution in [3.05, 3.63) is 0 Å². The van der Waals surface area contributed by atoms with Crippen molar-refractivity contribution >= 4 is 12.0 Å². The van der Waals surface area contributed by atoms with Gasteiger partial charge in [0.15, 0.2) is 0 Å². The Morgan fingerprint density at radius 2 is 1.89 bits per heavy atom. The summed E-state index contributed by atoms with van der Waals surface area (Å²) in [4.78, 5) is 25.2. The van der Waals surface area contributed by atoms with Gasteiger partial charge in [-0.2, -0.15) is 0 Å². The summed E-state index contributed by atoms with van der Waals surface area (Å²) in [6, 6.07) is -0.136. The van der Waals surface area contributed by atoms with E-state index in [1.54, 1.807) is 4.90 Å². The van der Waals surface area contributed by atoms with Gasteiger partial charge >= 0.3 is 12.0 Å².